The van der Waals surface area contributed by atoms with E-state index in [-0.39, 0.29) is 6.04 Å². The second-order valence-corrected chi connectivity index (χ2v) is 9.62. The topological polar surface area (TPSA) is 65.6 Å². The van der Waals surface area contributed by atoms with Crippen LogP contribution in [0.5, 0.6) is 5.75 Å². The summed E-state index contributed by atoms with van der Waals surface area (Å²) in [7, 11) is 1.75. The number of likely N-dealkylation sites (tertiary alicyclic amines) is 1. The summed E-state index contributed by atoms with van der Waals surface area (Å²) in [6.45, 7) is 3.98. The van der Waals surface area contributed by atoms with Gasteiger partial charge in [0.05, 0.1) is 12.7 Å². The first-order valence-electron chi connectivity index (χ1n) is 11.7. The minimum atomic E-state index is -0.872. The molecule has 0 radical (unpaired) electrons. The second-order valence-electron chi connectivity index (χ2n) is 9.62. The van der Waals surface area contributed by atoms with Gasteiger partial charge >= 0.3 is 5.97 Å². The predicted octanol–water partition coefficient (Wildman–Crippen LogP) is 5.94. The maximum Gasteiger partial charge on any atom is 0.335 e. The van der Waals surface area contributed by atoms with Gasteiger partial charge in [-0.25, -0.2) is 4.79 Å². The lowest BCUT2D eigenvalue weighted by Gasteiger charge is -2.40. The molecule has 2 aromatic carbocycles. The molecule has 2 N–H and O–H groups in total. The first-order chi connectivity index (χ1) is 15.5. The summed E-state index contributed by atoms with van der Waals surface area (Å²) in [4.78, 5) is 17.3. The van der Waals surface area contributed by atoms with E-state index in [9.17, 15) is 9.90 Å². The Morgan fingerprint density at radius 2 is 1.94 bits per heavy atom. The number of hydrogen-bond acceptors (Lipinski definition) is 3. The van der Waals surface area contributed by atoms with Crippen molar-refractivity contribution in [3.63, 3.8) is 0 Å². The molecule has 0 spiro atoms. The lowest BCUT2D eigenvalue weighted by atomic mass is 9.83. The van der Waals surface area contributed by atoms with Crippen molar-refractivity contribution in [1.82, 2.24) is 9.88 Å². The van der Waals surface area contributed by atoms with Crippen LogP contribution in [-0.4, -0.2) is 34.6 Å². The molecule has 0 unspecified atom stereocenters. The van der Waals surface area contributed by atoms with Crippen molar-refractivity contribution < 1.29 is 14.6 Å². The van der Waals surface area contributed by atoms with Crippen LogP contribution in [0.15, 0.2) is 42.6 Å². The number of carbonyl (C=O) groups is 1. The summed E-state index contributed by atoms with van der Waals surface area (Å²) in [5, 5.41) is 10.5. The smallest absolute Gasteiger partial charge is 0.335 e. The minimum Gasteiger partial charge on any atom is -0.496 e. The Kier molecular flexibility index (Phi) is 5.68. The van der Waals surface area contributed by atoms with Gasteiger partial charge in [0.1, 0.15) is 5.75 Å². The van der Waals surface area contributed by atoms with Crippen LogP contribution in [-0.2, 0) is 6.54 Å². The van der Waals surface area contributed by atoms with Gasteiger partial charge in [0.25, 0.3) is 0 Å². The number of fused-ring (bicyclic) bond motifs is 1. The largest absolute Gasteiger partial charge is 0.496 e. The van der Waals surface area contributed by atoms with Crippen molar-refractivity contribution in [3.05, 3.63) is 64.8 Å². The van der Waals surface area contributed by atoms with Crippen LogP contribution >= 0.6 is 0 Å². The molecule has 1 aliphatic heterocycles. The third-order valence-electron chi connectivity index (χ3n) is 7.42. The summed E-state index contributed by atoms with van der Waals surface area (Å²) < 4.78 is 5.80. The highest BCUT2D eigenvalue weighted by Gasteiger charge is 2.34. The van der Waals surface area contributed by atoms with Crippen molar-refractivity contribution in [2.24, 2.45) is 11.8 Å². The number of piperidine rings is 1. The Balaban J connectivity index is 1.47. The standard InChI is InChI=1S/C27H32N2O3/c1-17-13-25(32-2)23(22-9-11-28-26(17)22)16-29-12-10-19(14-18-3-4-18)15-24(29)20-5-7-21(8-6-20)27(30)31/h5-9,11,13,18-19,24,28H,3-4,10,12,14-16H2,1-2H3,(H,30,31)/t19-,24+/m0/s1. The number of aromatic nitrogens is 1. The third kappa shape index (κ3) is 4.14. The van der Waals surface area contributed by atoms with Gasteiger partial charge in [-0.05, 0) is 80.0 Å². The van der Waals surface area contributed by atoms with Gasteiger partial charge in [-0.2, -0.15) is 0 Å². The van der Waals surface area contributed by atoms with Gasteiger partial charge in [0.2, 0.25) is 0 Å². The molecule has 2 heterocycles. The molecule has 5 heteroatoms. The van der Waals surface area contributed by atoms with Crippen LogP contribution in [0.25, 0.3) is 10.9 Å². The zero-order chi connectivity index (χ0) is 22.2. The van der Waals surface area contributed by atoms with Gasteiger partial charge in [0, 0.05) is 35.2 Å². The second kappa shape index (κ2) is 8.62. The normalized spacial score (nSPS) is 21.7. The van der Waals surface area contributed by atoms with Gasteiger partial charge in [-0.15, -0.1) is 0 Å². The number of ether oxygens (including phenoxy) is 1. The summed E-state index contributed by atoms with van der Waals surface area (Å²) in [5.41, 5.74) is 5.15. The summed E-state index contributed by atoms with van der Waals surface area (Å²) in [6, 6.07) is 12.1. The van der Waals surface area contributed by atoms with Gasteiger partial charge in [0.15, 0.2) is 0 Å². The number of hydrogen-bond donors (Lipinski definition) is 2. The molecule has 32 heavy (non-hydrogen) atoms. The number of H-pyrrole nitrogens is 1. The summed E-state index contributed by atoms with van der Waals surface area (Å²) in [6.07, 6.45) is 8.49. The fourth-order valence-corrected chi connectivity index (χ4v) is 5.49. The Hall–Kier alpha value is -2.79. The van der Waals surface area contributed by atoms with Crippen molar-refractivity contribution in [2.45, 2.75) is 51.6 Å². The van der Waals surface area contributed by atoms with E-state index in [1.54, 1.807) is 19.2 Å². The van der Waals surface area contributed by atoms with Crippen molar-refractivity contribution >= 4 is 16.9 Å². The highest BCUT2D eigenvalue weighted by Crippen LogP contribution is 2.44. The van der Waals surface area contributed by atoms with Crippen LogP contribution in [0, 0.1) is 18.8 Å². The fourth-order valence-electron chi connectivity index (χ4n) is 5.49. The number of carboxylic acid groups (broad SMARTS) is 1. The number of methoxy groups -OCH3 is 1. The molecule has 2 atom stereocenters. The zero-order valence-electron chi connectivity index (χ0n) is 18.9. The van der Waals surface area contributed by atoms with E-state index in [0.717, 1.165) is 37.1 Å². The molecule has 5 rings (SSSR count). The molecule has 168 valence electrons. The van der Waals surface area contributed by atoms with E-state index in [1.807, 2.05) is 18.3 Å². The van der Waals surface area contributed by atoms with Crippen LogP contribution in [0.2, 0.25) is 0 Å². The zero-order valence-corrected chi connectivity index (χ0v) is 18.9. The molecule has 2 fully saturated rings. The average Bonchev–Trinajstić information content (AvgIpc) is 3.47. The van der Waals surface area contributed by atoms with Crippen molar-refractivity contribution in [2.75, 3.05) is 13.7 Å². The van der Waals surface area contributed by atoms with Crippen molar-refractivity contribution in [1.29, 1.82) is 0 Å². The van der Waals surface area contributed by atoms with E-state index in [4.69, 9.17) is 4.74 Å². The molecule has 1 saturated carbocycles. The molecular formula is C27H32N2O3. The molecule has 1 aromatic heterocycles. The molecule has 1 aliphatic carbocycles. The maximum atomic E-state index is 11.3. The van der Waals surface area contributed by atoms with Crippen LogP contribution < -0.4 is 4.74 Å². The van der Waals surface area contributed by atoms with Crippen LogP contribution in [0.3, 0.4) is 0 Å². The summed E-state index contributed by atoms with van der Waals surface area (Å²) in [5.74, 6) is 1.74. The molecule has 0 bridgehead atoms. The first kappa shape index (κ1) is 21.1. The number of benzene rings is 2. The molecular weight excluding hydrogens is 400 g/mol. The first-order valence-corrected chi connectivity index (χ1v) is 11.7. The Bertz CT molecular complexity index is 1110. The highest BCUT2D eigenvalue weighted by molar-refractivity contribution is 5.88. The average molecular weight is 433 g/mol. The number of aromatic amines is 1. The molecule has 5 nitrogen and oxygen atoms in total. The van der Waals surface area contributed by atoms with Crippen LogP contribution in [0.1, 0.15) is 65.2 Å². The van der Waals surface area contributed by atoms with E-state index >= 15 is 0 Å². The number of carboxylic acids is 1. The monoisotopic (exact) mass is 432 g/mol. The molecule has 3 aromatic rings. The lowest BCUT2D eigenvalue weighted by molar-refractivity contribution is 0.0696. The molecule has 1 saturated heterocycles. The minimum absolute atomic E-state index is 0.287. The Morgan fingerprint density at radius 1 is 1.16 bits per heavy atom. The number of aryl methyl sites for hydroxylation is 1. The quantitative estimate of drug-likeness (QED) is 0.485. The van der Waals surface area contributed by atoms with Crippen molar-refractivity contribution in [3.8, 4) is 5.75 Å². The highest BCUT2D eigenvalue weighted by atomic mass is 16.5. The number of aromatic carboxylic acids is 1. The molecule has 2 aliphatic rings. The van der Waals surface area contributed by atoms with E-state index in [1.165, 1.54) is 53.3 Å². The Labute approximate surface area is 189 Å². The maximum absolute atomic E-state index is 11.3. The van der Waals surface area contributed by atoms with E-state index < -0.39 is 5.97 Å². The predicted molar refractivity (Wildman–Crippen MR) is 126 cm³/mol. The van der Waals surface area contributed by atoms with Gasteiger partial charge < -0.3 is 14.8 Å². The van der Waals surface area contributed by atoms with E-state index in [0.29, 0.717) is 5.56 Å². The number of nitrogens with one attached hydrogen (secondary N) is 1. The van der Waals surface area contributed by atoms with Gasteiger partial charge in [-0.1, -0.05) is 25.0 Å². The molecule has 0 amide bonds. The fraction of sp³-hybridized carbons (Fsp3) is 0.444. The third-order valence-corrected chi connectivity index (χ3v) is 7.42. The van der Waals surface area contributed by atoms with Crippen LogP contribution in [0.4, 0.5) is 0 Å². The number of nitrogens with zero attached hydrogens (tertiary/aromatic N) is 1. The van der Waals surface area contributed by atoms with E-state index in [2.05, 4.69) is 28.9 Å². The summed E-state index contributed by atoms with van der Waals surface area (Å²) >= 11 is 0. The Morgan fingerprint density at radius 3 is 2.62 bits per heavy atom. The SMILES string of the molecule is COc1cc(C)c2[nH]ccc2c1CN1CC[C@@H](CC2CC2)C[C@@H]1c1ccc(C(=O)O)cc1. The lowest BCUT2D eigenvalue weighted by Crippen LogP contribution is -2.36. The number of rotatable bonds is 7. The van der Waals surface area contributed by atoms with Gasteiger partial charge in [-0.3, -0.25) is 4.90 Å².